The zero-order valence-electron chi connectivity index (χ0n) is 12.3. The summed E-state index contributed by atoms with van der Waals surface area (Å²) in [5.41, 5.74) is 0. The van der Waals surface area contributed by atoms with Gasteiger partial charge in [0.15, 0.2) is 9.84 Å². The molecule has 0 saturated heterocycles. The van der Waals surface area contributed by atoms with E-state index in [4.69, 9.17) is 4.74 Å². The van der Waals surface area contributed by atoms with Crippen LogP contribution in [0.4, 0.5) is 0 Å². The van der Waals surface area contributed by atoms with Crippen molar-refractivity contribution in [2.45, 2.75) is 32.1 Å². The Bertz CT molecular complexity index is 449. The van der Waals surface area contributed by atoms with E-state index in [1.165, 1.54) is 6.26 Å². The first kappa shape index (κ1) is 17.9. The molecular weight excluding hydrogens is 262 g/mol. The standard InChI is InChI=1S/C12H19NO3S.C2H6.H2/c1-3-7-13-8-9-16-11-5-4-6-12(10-11)17(2,14)15;1-2;/h4-6,10,13H,3,7-9H2,1-2H3;1-2H3;1H. The average Bonchev–Trinajstić information content (AvgIpc) is 2.40. The van der Waals surface area contributed by atoms with Gasteiger partial charge in [0.05, 0.1) is 4.90 Å². The van der Waals surface area contributed by atoms with Crippen molar-refractivity contribution in [1.82, 2.24) is 5.32 Å². The lowest BCUT2D eigenvalue weighted by Crippen LogP contribution is -2.21. The van der Waals surface area contributed by atoms with Gasteiger partial charge in [0.2, 0.25) is 0 Å². The Morgan fingerprint density at radius 3 is 2.53 bits per heavy atom. The maximum absolute atomic E-state index is 11.3. The number of rotatable bonds is 7. The quantitative estimate of drug-likeness (QED) is 0.784. The van der Waals surface area contributed by atoms with Crippen molar-refractivity contribution >= 4 is 9.84 Å². The molecule has 0 aromatic heterocycles. The number of hydrogen-bond acceptors (Lipinski definition) is 4. The third kappa shape index (κ3) is 7.85. The molecule has 0 saturated carbocycles. The fourth-order valence-electron chi connectivity index (χ4n) is 1.34. The molecule has 0 heterocycles. The van der Waals surface area contributed by atoms with Gasteiger partial charge in [0.1, 0.15) is 12.4 Å². The van der Waals surface area contributed by atoms with Crippen LogP contribution >= 0.6 is 0 Å². The van der Waals surface area contributed by atoms with Crippen LogP contribution in [0.5, 0.6) is 5.75 Å². The average molecular weight is 289 g/mol. The van der Waals surface area contributed by atoms with Crippen molar-refractivity contribution in [3.8, 4) is 5.75 Å². The molecule has 0 atom stereocenters. The van der Waals surface area contributed by atoms with Crippen LogP contribution in [-0.4, -0.2) is 34.4 Å². The summed E-state index contributed by atoms with van der Waals surface area (Å²) in [6, 6.07) is 6.56. The number of benzene rings is 1. The lowest BCUT2D eigenvalue weighted by atomic mass is 10.3. The second kappa shape index (κ2) is 9.81. The lowest BCUT2D eigenvalue weighted by molar-refractivity contribution is 0.313. The van der Waals surface area contributed by atoms with Crippen LogP contribution in [0.2, 0.25) is 0 Å². The van der Waals surface area contributed by atoms with Crippen molar-refractivity contribution < 1.29 is 14.6 Å². The van der Waals surface area contributed by atoms with Gasteiger partial charge < -0.3 is 10.1 Å². The Morgan fingerprint density at radius 1 is 1.26 bits per heavy atom. The molecule has 19 heavy (non-hydrogen) atoms. The van der Waals surface area contributed by atoms with Crippen molar-refractivity contribution in [1.29, 1.82) is 0 Å². The van der Waals surface area contributed by atoms with Crippen LogP contribution in [0.1, 0.15) is 28.6 Å². The molecule has 0 aliphatic rings. The Balaban J connectivity index is 0. The molecule has 4 nitrogen and oxygen atoms in total. The van der Waals surface area contributed by atoms with Crippen molar-refractivity contribution in [3.05, 3.63) is 24.3 Å². The summed E-state index contributed by atoms with van der Waals surface area (Å²) < 4.78 is 28.1. The molecule has 0 aliphatic carbocycles. The molecule has 1 aromatic rings. The minimum atomic E-state index is -3.16. The Morgan fingerprint density at radius 2 is 1.95 bits per heavy atom. The summed E-state index contributed by atoms with van der Waals surface area (Å²) in [5.74, 6) is 0.589. The number of ether oxygens (including phenoxy) is 1. The van der Waals surface area contributed by atoms with Crippen LogP contribution in [-0.2, 0) is 9.84 Å². The molecule has 0 aliphatic heterocycles. The topological polar surface area (TPSA) is 55.4 Å². The van der Waals surface area contributed by atoms with Gasteiger partial charge >= 0.3 is 0 Å². The maximum atomic E-state index is 11.3. The van der Waals surface area contributed by atoms with E-state index in [-0.39, 0.29) is 6.32 Å². The first-order chi connectivity index (χ1) is 9.04. The van der Waals surface area contributed by atoms with E-state index in [1.807, 2.05) is 13.8 Å². The minimum absolute atomic E-state index is 0. The van der Waals surface area contributed by atoms with Gasteiger partial charge in [-0.15, -0.1) is 0 Å². The largest absolute Gasteiger partial charge is 0.492 e. The molecule has 0 spiro atoms. The predicted octanol–water partition coefficient (Wildman–Crippen LogP) is 2.74. The summed E-state index contributed by atoms with van der Waals surface area (Å²) in [5, 5.41) is 3.21. The van der Waals surface area contributed by atoms with Crippen LogP contribution < -0.4 is 10.1 Å². The highest BCUT2D eigenvalue weighted by Crippen LogP contribution is 2.16. The fourth-order valence-corrected chi connectivity index (χ4v) is 1.99. The van der Waals surface area contributed by atoms with E-state index in [1.54, 1.807) is 24.3 Å². The van der Waals surface area contributed by atoms with Crippen LogP contribution in [0.15, 0.2) is 29.2 Å². The molecule has 5 heteroatoms. The van der Waals surface area contributed by atoms with E-state index >= 15 is 0 Å². The molecule has 1 rings (SSSR count). The van der Waals surface area contributed by atoms with Crippen molar-refractivity contribution in [2.24, 2.45) is 0 Å². The summed E-state index contributed by atoms with van der Waals surface area (Å²) in [7, 11) is -3.16. The van der Waals surface area contributed by atoms with Gasteiger partial charge in [0.25, 0.3) is 0 Å². The van der Waals surface area contributed by atoms with E-state index < -0.39 is 9.84 Å². The number of sulfone groups is 1. The first-order valence-electron chi connectivity index (χ1n) is 6.67. The normalized spacial score (nSPS) is 10.5. The minimum Gasteiger partial charge on any atom is -0.492 e. The Labute approximate surface area is 118 Å². The van der Waals surface area contributed by atoms with Crippen LogP contribution in [0.3, 0.4) is 0 Å². The summed E-state index contributed by atoms with van der Waals surface area (Å²) >= 11 is 0. The highest BCUT2D eigenvalue weighted by molar-refractivity contribution is 7.90. The summed E-state index contributed by atoms with van der Waals surface area (Å²) in [6.45, 7) is 8.36. The van der Waals surface area contributed by atoms with E-state index in [0.717, 1.165) is 19.5 Å². The highest BCUT2D eigenvalue weighted by Gasteiger charge is 2.07. The van der Waals surface area contributed by atoms with Crippen LogP contribution in [0.25, 0.3) is 0 Å². The Kier molecular flexibility index (Phi) is 9.26. The van der Waals surface area contributed by atoms with Crippen molar-refractivity contribution in [2.75, 3.05) is 26.0 Å². The van der Waals surface area contributed by atoms with Gasteiger partial charge in [0, 0.05) is 14.2 Å². The molecule has 0 fully saturated rings. The third-order valence-electron chi connectivity index (χ3n) is 2.21. The van der Waals surface area contributed by atoms with Gasteiger partial charge in [-0.2, -0.15) is 0 Å². The van der Waals surface area contributed by atoms with Crippen molar-refractivity contribution in [3.63, 3.8) is 0 Å². The molecule has 0 radical (unpaired) electrons. The second-order valence-electron chi connectivity index (χ2n) is 3.85. The number of nitrogens with one attached hydrogen (secondary N) is 1. The second-order valence-corrected chi connectivity index (χ2v) is 5.86. The third-order valence-corrected chi connectivity index (χ3v) is 3.32. The zero-order chi connectivity index (χ0) is 14.7. The van der Waals surface area contributed by atoms with E-state index in [2.05, 4.69) is 12.2 Å². The maximum Gasteiger partial charge on any atom is 0.175 e. The lowest BCUT2D eigenvalue weighted by Gasteiger charge is -2.08. The zero-order valence-corrected chi connectivity index (χ0v) is 13.1. The molecule has 0 amide bonds. The molecular formula is C14H27NO3S. The van der Waals surface area contributed by atoms with Gasteiger partial charge in [-0.25, -0.2) is 8.42 Å². The molecule has 112 valence electrons. The summed E-state index contributed by atoms with van der Waals surface area (Å²) in [4.78, 5) is 0.288. The predicted molar refractivity (Wildman–Crippen MR) is 81.7 cm³/mol. The smallest absolute Gasteiger partial charge is 0.175 e. The van der Waals surface area contributed by atoms with Gasteiger partial charge in [-0.3, -0.25) is 0 Å². The van der Waals surface area contributed by atoms with Crippen LogP contribution in [0, 0.1) is 0 Å². The molecule has 1 N–H and O–H groups in total. The first-order valence-corrected chi connectivity index (χ1v) is 8.57. The van der Waals surface area contributed by atoms with Gasteiger partial charge in [-0.05, 0) is 31.2 Å². The Hall–Kier alpha value is -1.07. The van der Waals surface area contributed by atoms with Gasteiger partial charge in [-0.1, -0.05) is 26.8 Å². The monoisotopic (exact) mass is 289 g/mol. The van der Waals surface area contributed by atoms with E-state index in [0.29, 0.717) is 12.4 Å². The molecule has 1 aromatic carbocycles. The fraction of sp³-hybridized carbons (Fsp3) is 0.571. The SMILES string of the molecule is CC.CCCNCCOc1cccc(S(C)(=O)=O)c1.[HH]. The van der Waals surface area contributed by atoms with E-state index in [9.17, 15) is 8.42 Å². The molecule has 0 bridgehead atoms. The highest BCUT2D eigenvalue weighted by atomic mass is 32.2. The summed E-state index contributed by atoms with van der Waals surface area (Å²) in [6.07, 6.45) is 2.28. The molecule has 0 unspecified atom stereocenters. The number of hydrogen-bond donors (Lipinski definition) is 1.